The number of thiol groups is 1. The molecule has 2 nitrogen and oxygen atoms in total. The van der Waals surface area contributed by atoms with E-state index in [0.29, 0.717) is 17.0 Å². The number of hydrogen-bond donors (Lipinski definition) is 1. The van der Waals surface area contributed by atoms with Gasteiger partial charge in [0.1, 0.15) is 10.5 Å². The fourth-order valence-corrected chi connectivity index (χ4v) is 1.87. The van der Waals surface area contributed by atoms with Gasteiger partial charge in [0.15, 0.2) is 0 Å². The highest BCUT2D eigenvalue weighted by Crippen LogP contribution is 2.10. The third kappa shape index (κ3) is 3.74. The summed E-state index contributed by atoms with van der Waals surface area (Å²) in [5, 5.41) is 0. The average molecular weight is 207 g/mol. The number of nitrogens with zero attached hydrogens (tertiary/aromatic N) is 1. The molecular formula is C8H17NOS2. The molecule has 0 aliphatic heterocycles. The summed E-state index contributed by atoms with van der Waals surface area (Å²) >= 11 is 9.14. The highest BCUT2D eigenvalue weighted by atomic mass is 32.1. The molecule has 4 heteroatoms. The average Bonchev–Trinajstić information content (AvgIpc) is 1.85. The molecule has 0 amide bonds. The van der Waals surface area contributed by atoms with Crippen LogP contribution >= 0.6 is 24.8 Å². The molecule has 0 bridgehead atoms. The van der Waals surface area contributed by atoms with Gasteiger partial charge in [-0.2, -0.15) is 0 Å². The van der Waals surface area contributed by atoms with Crippen LogP contribution in [-0.4, -0.2) is 28.1 Å². The summed E-state index contributed by atoms with van der Waals surface area (Å²) < 4.78 is 6.00. The van der Waals surface area contributed by atoms with Crippen molar-refractivity contribution in [2.24, 2.45) is 0 Å². The van der Waals surface area contributed by atoms with Gasteiger partial charge in [-0.1, -0.05) is 12.2 Å². The molecule has 0 N–H and O–H groups in total. The van der Waals surface area contributed by atoms with Crippen molar-refractivity contribution in [2.45, 2.75) is 40.0 Å². The molecule has 0 spiro atoms. The van der Waals surface area contributed by atoms with Gasteiger partial charge in [0.25, 0.3) is 0 Å². The van der Waals surface area contributed by atoms with Crippen molar-refractivity contribution in [3.8, 4) is 0 Å². The van der Waals surface area contributed by atoms with Crippen LogP contribution in [0.2, 0.25) is 0 Å². The SMILES string of the molecule is CCOC(C)N(C(=S)S)C(C)C. The van der Waals surface area contributed by atoms with Crippen molar-refractivity contribution >= 4 is 29.2 Å². The summed E-state index contributed by atoms with van der Waals surface area (Å²) in [6.07, 6.45) is 0.0139. The van der Waals surface area contributed by atoms with Gasteiger partial charge in [-0.15, -0.1) is 12.6 Å². The minimum absolute atomic E-state index is 0.0139. The first-order valence-corrected chi connectivity index (χ1v) is 4.99. The lowest BCUT2D eigenvalue weighted by Gasteiger charge is -2.32. The van der Waals surface area contributed by atoms with Gasteiger partial charge in [0, 0.05) is 12.6 Å². The van der Waals surface area contributed by atoms with Crippen molar-refractivity contribution in [3.05, 3.63) is 0 Å². The largest absolute Gasteiger partial charge is 0.359 e. The van der Waals surface area contributed by atoms with E-state index in [1.54, 1.807) is 0 Å². The summed E-state index contributed by atoms with van der Waals surface area (Å²) in [6, 6.07) is 0.330. The third-order valence-corrected chi connectivity index (χ3v) is 2.02. The van der Waals surface area contributed by atoms with E-state index in [0.717, 1.165) is 0 Å². The van der Waals surface area contributed by atoms with Crippen LogP contribution in [0.25, 0.3) is 0 Å². The Balaban J connectivity index is 4.19. The second-order valence-corrected chi connectivity index (χ2v) is 3.95. The maximum absolute atomic E-state index is 5.42. The van der Waals surface area contributed by atoms with Crippen LogP contribution in [0.15, 0.2) is 0 Å². The maximum Gasteiger partial charge on any atom is 0.135 e. The smallest absolute Gasteiger partial charge is 0.135 e. The van der Waals surface area contributed by atoms with E-state index in [4.69, 9.17) is 17.0 Å². The summed E-state index contributed by atoms with van der Waals surface area (Å²) in [5.41, 5.74) is 0. The van der Waals surface area contributed by atoms with Crippen LogP contribution < -0.4 is 0 Å². The highest BCUT2D eigenvalue weighted by molar-refractivity contribution is 8.10. The summed E-state index contributed by atoms with van der Waals surface area (Å²) in [6.45, 7) is 8.78. The van der Waals surface area contributed by atoms with Crippen LogP contribution in [0.4, 0.5) is 0 Å². The molecule has 0 aromatic carbocycles. The van der Waals surface area contributed by atoms with E-state index in [2.05, 4.69) is 26.5 Å². The first-order chi connectivity index (χ1) is 5.50. The van der Waals surface area contributed by atoms with E-state index < -0.39 is 0 Å². The quantitative estimate of drug-likeness (QED) is 0.432. The zero-order valence-corrected chi connectivity index (χ0v) is 9.78. The first-order valence-electron chi connectivity index (χ1n) is 4.13. The van der Waals surface area contributed by atoms with E-state index in [1.807, 2.05) is 18.7 Å². The van der Waals surface area contributed by atoms with E-state index in [-0.39, 0.29) is 6.23 Å². The van der Waals surface area contributed by atoms with Crippen molar-refractivity contribution < 1.29 is 4.74 Å². The molecule has 0 rings (SSSR count). The van der Waals surface area contributed by atoms with Crippen LogP contribution in [0.5, 0.6) is 0 Å². The Morgan fingerprint density at radius 2 is 2.00 bits per heavy atom. The molecular weight excluding hydrogens is 190 g/mol. The molecule has 12 heavy (non-hydrogen) atoms. The first kappa shape index (κ1) is 12.2. The lowest BCUT2D eigenvalue weighted by molar-refractivity contribution is -0.0153. The molecule has 0 saturated heterocycles. The second-order valence-electron chi connectivity index (χ2n) is 2.84. The Hall–Kier alpha value is 0.200. The fourth-order valence-electron chi connectivity index (χ4n) is 1.12. The zero-order chi connectivity index (χ0) is 9.72. The lowest BCUT2D eigenvalue weighted by Crippen LogP contribution is -2.41. The molecule has 0 saturated carbocycles. The van der Waals surface area contributed by atoms with Gasteiger partial charge in [-0.25, -0.2) is 0 Å². The fraction of sp³-hybridized carbons (Fsp3) is 0.875. The molecule has 0 heterocycles. The minimum Gasteiger partial charge on any atom is -0.359 e. The lowest BCUT2D eigenvalue weighted by atomic mass is 10.3. The predicted octanol–water partition coefficient (Wildman–Crippen LogP) is 2.29. The molecule has 0 radical (unpaired) electrons. The molecule has 1 unspecified atom stereocenters. The highest BCUT2D eigenvalue weighted by Gasteiger charge is 2.17. The van der Waals surface area contributed by atoms with E-state index in [1.165, 1.54) is 0 Å². The van der Waals surface area contributed by atoms with Crippen LogP contribution in [0.1, 0.15) is 27.7 Å². The monoisotopic (exact) mass is 207 g/mol. The van der Waals surface area contributed by atoms with E-state index in [9.17, 15) is 0 Å². The van der Waals surface area contributed by atoms with E-state index >= 15 is 0 Å². The normalized spacial score (nSPS) is 13.2. The van der Waals surface area contributed by atoms with Gasteiger partial charge in [0.2, 0.25) is 0 Å². The summed E-state index contributed by atoms with van der Waals surface area (Å²) in [7, 11) is 0. The predicted molar refractivity (Wildman–Crippen MR) is 59.6 cm³/mol. The van der Waals surface area contributed by atoms with Gasteiger partial charge >= 0.3 is 0 Å². The van der Waals surface area contributed by atoms with Crippen LogP contribution in [0, 0.1) is 0 Å². The number of rotatable bonds is 4. The minimum atomic E-state index is 0.0139. The Morgan fingerprint density at radius 1 is 1.50 bits per heavy atom. The Morgan fingerprint density at radius 3 is 2.25 bits per heavy atom. The Kier molecular flexibility index (Phi) is 5.88. The maximum atomic E-state index is 5.42. The van der Waals surface area contributed by atoms with Gasteiger partial charge < -0.3 is 9.64 Å². The number of thiocarbonyl (C=S) groups is 1. The molecule has 1 atom stereocenters. The van der Waals surface area contributed by atoms with Gasteiger partial charge in [-0.3, -0.25) is 0 Å². The third-order valence-electron chi connectivity index (χ3n) is 1.58. The van der Waals surface area contributed by atoms with Crippen molar-refractivity contribution in [1.29, 1.82) is 0 Å². The molecule has 0 aliphatic rings. The van der Waals surface area contributed by atoms with Crippen LogP contribution in [0.3, 0.4) is 0 Å². The second kappa shape index (κ2) is 5.78. The molecule has 0 fully saturated rings. The topological polar surface area (TPSA) is 12.5 Å². The summed E-state index contributed by atoms with van der Waals surface area (Å²) in [4.78, 5) is 1.96. The van der Waals surface area contributed by atoms with Gasteiger partial charge in [-0.05, 0) is 27.7 Å². The van der Waals surface area contributed by atoms with Crippen LogP contribution in [-0.2, 0) is 4.74 Å². The number of ether oxygens (including phenoxy) is 1. The molecule has 72 valence electrons. The zero-order valence-electron chi connectivity index (χ0n) is 8.07. The van der Waals surface area contributed by atoms with Crippen molar-refractivity contribution in [2.75, 3.05) is 6.61 Å². The van der Waals surface area contributed by atoms with Gasteiger partial charge in [0.05, 0.1) is 0 Å². The Labute approximate surface area is 85.7 Å². The standard InChI is InChI=1S/C8H17NOS2/c1-5-10-7(4)9(6(2)3)8(11)12/h6-7H,5H2,1-4H3,(H,11,12). The Bertz CT molecular complexity index is 150. The van der Waals surface area contributed by atoms with Crippen molar-refractivity contribution in [1.82, 2.24) is 4.90 Å². The molecule has 0 aromatic rings. The van der Waals surface area contributed by atoms with Crippen molar-refractivity contribution in [3.63, 3.8) is 0 Å². The molecule has 0 aromatic heterocycles. The number of hydrogen-bond acceptors (Lipinski definition) is 2. The molecule has 0 aliphatic carbocycles. The summed E-state index contributed by atoms with van der Waals surface area (Å²) in [5.74, 6) is 0.